The zero-order valence-electron chi connectivity index (χ0n) is 13.6. The Labute approximate surface area is 144 Å². The lowest BCUT2D eigenvalue weighted by molar-refractivity contribution is 0.0989. The summed E-state index contributed by atoms with van der Waals surface area (Å²) in [6, 6.07) is 9.32. The second kappa shape index (κ2) is 5.51. The van der Waals surface area contributed by atoms with Crippen LogP contribution in [0.3, 0.4) is 0 Å². The molecule has 25 heavy (non-hydrogen) atoms. The number of pyridine rings is 1. The van der Waals surface area contributed by atoms with E-state index in [0.29, 0.717) is 29.7 Å². The van der Waals surface area contributed by atoms with Gasteiger partial charge in [0.05, 0.1) is 5.69 Å². The minimum Gasteiger partial charge on any atom is -0.339 e. The number of rotatable bonds is 3. The van der Waals surface area contributed by atoms with E-state index in [1.54, 1.807) is 6.20 Å². The van der Waals surface area contributed by atoms with E-state index < -0.39 is 0 Å². The van der Waals surface area contributed by atoms with Crippen LogP contribution in [-0.4, -0.2) is 27.6 Å². The summed E-state index contributed by atoms with van der Waals surface area (Å²) < 4.78 is 5.33. The van der Waals surface area contributed by atoms with E-state index in [2.05, 4.69) is 15.1 Å². The molecule has 0 N–H and O–H groups in total. The number of aromatic nitrogens is 3. The highest BCUT2D eigenvalue weighted by Crippen LogP contribution is 2.39. The summed E-state index contributed by atoms with van der Waals surface area (Å²) in [6.45, 7) is 0.679. The predicted octanol–water partition coefficient (Wildman–Crippen LogP) is 3.21. The van der Waals surface area contributed by atoms with Crippen molar-refractivity contribution in [2.24, 2.45) is 0 Å². The second-order valence-corrected chi connectivity index (χ2v) is 6.52. The van der Waals surface area contributed by atoms with Crippen LogP contribution in [0.4, 0.5) is 5.69 Å². The standard InChI is InChI=1S/C19H16N4O2/c24-19(23-9-7-15-11-20-8-6-16(15)23)14-3-1-2-13(10-14)17-21-18(25-22-17)12-4-5-12/h1-3,6,8,10-12H,4-5,7,9H2. The Bertz CT molecular complexity index is 961. The Morgan fingerprint density at radius 1 is 1.24 bits per heavy atom. The molecule has 1 saturated carbocycles. The molecule has 0 unspecified atom stereocenters. The lowest BCUT2D eigenvalue weighted by atomic mass is 10.1. The van der Waals surface area contributed by atoms with Crippen molar-refractivity contribution in [1.82, 2.24) is 15.1 Å². The molecule has 0 bridgehead atoms. The summed E-state index contributed by atoms with van der Waals surface area (Å²) in [5, 5.41) is 4.06. The van der Waals surface area contributed by atoms with Gasteiger partial charge in [-0.05, 0) is 43.0 Å². The van der Waals surface area contributed by atoms with Gasteiger partial charge in [0.25, 0.3) is 5.91 Å². The lowest BCUT2D eigenvalue weighted by Gasteiger charge is -2.17. The van der Waals surface area contributed by atoms with Gasteiger partial charge in [0.2, 0.25) is 11.7 Å². The molecule has 1 aromatic carbocycles. The van der Waals surface area contributed by atoms with Crippen molar-refractivity contribution in [2.45, 2.75) is 25.2 Å². The summed E-state index contributed by atoms with van der Waals surface area (Å²) >= 11 is 0. The zero-order chi connectivity index (χ0) is 16.8. The van der Waals surface area contributed by atoms with Gasteiger partial charge in [-0.2, -0.15) is 4.98 Å². The minimum atomic E-state index is -0.0160. The number of hydrogen-bond donors (Lipinski definition) is 0. The van der Waals surface area contributed by atoms with Crippen molar-refractivity contribution in [2.75, 3.05) is 11.4 Å². The van der Waals surface area contributed by atoms with Gasteiger partial charge in [-0.1, -0.05) is 17.3 Å². The van der Waals surface area contributed by atoms with Crippen molar-refractivity contribution in [3.8, 4) is 11.4 Å². The molecule has 2 aliphatic rings. The molecule has 0 radical (unpaired) electrons. The monoisotopic (exact) mass is 332 g/mol. The molecule has 3 aromatic rings. The maximum absolute atomic E-state index is 13.0. The third-order valence-corrected chi connectivity index (χ3v) is 4.75. The summed E-state index contributed by atoms with van der Waals surface area (Å²) in [4.78, 5) is 23.4. The van der Waals surface area contributed by atoms with Crippen LogP contribution < -0.4 is 4.90 Å². The molecule has 1 fully saturated rings. The van der Waals surface area contributed by atoms with E-state index in [0.717, 1.165) is 36.1 Å². The molecule has 5 rings (SSSR count). The highest BCUT2D eigenvalue weighted by molar-refractivity contribution is 6.07. The SMILES string of the molecule is O=C(c1cccc(-c2noc(C3CC3)n2)c1)N1CCc2cnccc21. The Hall–Kier alpha value is -3.02. The van der Waals surface area contributed by atoms with Crippen LogP contribution in [0, 0.1) is 0 Å². The maximum atomic E-state index is 13.0. The lowest BCUT2D eigenvalue weighted by Crippen LogP contribution is -2.28. The van der Waals surface area contributed by atoms with E-state index in [-0.39, 0.29) is 5.91 Å². The molecule has 0 spiro atoms. The normalized spacial score (nSPS) is 16.1. The first-order valence-corrected chi connectivity index (χ1v) is 8.48. The van der Waals surface area contributed by atoms with Crippen LogP contribution in [0.2, 0.25) is 0 Å². The highest BCUT2D eigenvalue weighted by atomic mass is 16.5. The molecule has 1 amide bonds. The topological polar surface area (TPSA) is 72.1 Å². The van der Waals surface area contributed by atoms with Crippen molar-refractivity contribution in [3.05, 3.63) is 59.7 Å². The largest absolute Gasteiger partial charge is 0.339 e. The smallest absolute Gasteiger partial charge is 0.258 e. The van der Waals surface area contributed by atoms with E-state index in [1.165, 1.54) is 0 Å². The number of carbonyl (C=O) groups is 1. The molecule has 124 valence electrons. The van der Waals surface area contributed by atoms with E-state index >= 15 is 0 Å². The Balaban J connectivity index is 1.45. The molecule has 6 nitrogen and oxygen atoms in total. The average Bonchev–Trinajstić information content (AvgIpc) is 3.23. The third kappa shape index (κ3) is 2.50. The number of anilines is 1. The third-order valence-electron chi connectivity index (χ3n) is 4.75. The zero-order valence-corrected chi connectivity index (χ0v) is 13.6. The van der Waals surface area contributed by atoms with E-state index in [4.69, 9.17) is 4.52 Å². The number of benzene rings is 1. The first kappa shape index (κ1) is 14.3. The van der Waals surface area contributed by atoms with Crippen LogP contribution >= 0.6 is 0 Å². The first-order valence-electron chi connectivity index (χ1n) is 8.48. The van der Waals surface area contributed by atoms with Crippen molar-refractivity contribution >= 4 is 11.6 Å². The Kier molecular flexibility index (Phi) is 3.16. The van der Waals surface area contributed by atoms with Gasteiger partial charge in [0.15, 0.2) is 0 Å². The summed E-state index contributed by atoms with van der Waals surface area (Å²) in [5.41, 5.74) is 3.48. The number of nitrogens with zero attached hydrogens (tertiary/aromatic N) is 4. The molecule has 1 aliphatic carbocycles. The average molecular weight is 332 g/mol. The Morgan fingerprint density at radius 3 is 3.04 bits per heavy atom. The molecule has 0 saturated heterocycles. The number of hydrogen-bond acceptors (Lipinski definition) is 5. The van der Waals surface area contributed by atoms with Crippen molar-refractivity contribution in [3.63, 3.8) is 0 Å². The van der Waals surface area contributed by atoms with Crippen LogP contribution in [0.5, 0.6) is 0 Å². The van der Waals surface area contributed by atoms with E-state index in [9.17, 15) is 4.79 Å². The van der Waals surface area contributed by atoms with Crippen LogP contribution in [-0.2, 0) is 6.42 Å². The van der Waals surface area contributed by atoms with E-state index in [1.807, 2.05) is 41.4 Å². The fourth-order valence-electron chi connectivity index (χ4n) is 3.24. The fraction of sp³-hybridized carbons (Fsp3) is 0.263. The summed E-state index contributed by atoms with van der Waals surface area (Å²) in [6.07, 6.45) is 6.62. The fourth-order valence-corrected chi connectivity index (χ4v) is 3.24. The van der Waals surface area contributed by atoms with Gasteiger partial charge in [-0.3, -0.25) is 9.78 Å². The number of amides is 1. The number of carbonyl (C=O) groups excluding carboxylic acids is 1. The molecule has 1 aliphatic heterocycles. The molecule has 6 heteroatoms. The summed E-state index contributed by atoms with van der Waals surface area (Å²) in [7, 11) is 0. The van der Waals surface area contributed by atoms with Crippen LogP contribution in [0.15, 0.2) is 47.2 Å². The molecule has 0 atom stereocenters. The van der Waals surface area contributed by atoms with Gasteiger partial charge in [-0.25, -0.2) is 0 Å². The molecular formula is C19H16N4O2. The quantitative estimate of drug-likeness (QED) is 0.736. The van der Waals surface area contributed by atoms with Gasteiger partial charge in [0.1, 0.15) is 0 Å². The van der Waals surface area contributed by atoms with Gasteiger partial charge < -0.3 is 9.42 Å². The van der Waals surface area contributed by atoms with Crippen molar-refractivity contribution in [1.29, 1.82) is 0 Å². The van der Waals surface area contributed by atoms with Gasteiger partial charge in [-0.15, -0.1) is 0 Å². The highest BCUT2D eigenvalue weighted by Gasteiger charge is 2.30. The molecule has 3 heterocycles. The second-order valence-electron chi connectivity index (χ2n) is 6.52. The van der Waals surface area contributed by atoms with Crippen LogP contribution in [0.25, 0.3) is 11.4 Å². The Morgan fingerprint density at radius 2 is 2.16 bits per heavy atom. The first-order chi connectivity index (χ1) is 12.3. The number of fused-ring (bicyclic) bond motifs is 1. The van der Waals surface area contributed by atoms with Crippen molar-refractivity contribution < 1.29 is 9.32 Å². The predicted molar refractivity (Wildman–Crippen MR) is 91.3 cm³/mol. The van der Waals surface area contributed by atoms with Gasteiger partial charge >= 0.3 is 0 Å². The maximum Gasteiger partial charge on any atom is 0.258 e. The molecule has 2 aromatic heterocycles. The summed E-state index contributed by atoms with van der Waals surface area (Å²) in [5.74, 6) is 1.65. The minimum absolute atomic E-state index is 0.0160. The van der Waals surface area contributed by atoms with Gasteiger partial charge in [0, 0.05) is 36.0 Å². The van der Waals surface area contributed by atoms with Crippen LogP contribution in [0.1, 0.15) is 40.6 Å². The molecular weight excluding hydrogens is 316 g/mol.